The molecule has 136 valence electrons. The van der Waals surface area contributed by atoms with E-state index in [9.17, 15) is 0 Å². The van der Waals surface area contributed by atoms with Crippen molar-refractivity contribution in [1.82, 2.24) is 9.55 Å². The average molecular weight is 435 g/mol. The third-order valence-electron chi connectivity index (χ3n) is 6.46. The minimum Gasteiger partial charge on any atom is -0.295 e. The first-order valence-corrected chi connectivity index (χ1v) is 10.6. The lowest BCUT2D eigenvalue weighted by Crippen LogP contribution is -2.27. The van der Waals surface area contributed by atoms with E-state index < -0.39 is 5.41 Å². The Morgan fingerprint density at radius 1 is 0.690 bits per heavy atom. The molecule has 0 fully saturated rings. The second-order valence-corrected chi connectivity index (χ2v) is 8.59. The SMILES string of the molecule is Brc1cccc2c1-c1ccccc1C21c2ccccc2-n2c1nc1ccccc12. The van der Waals surface area contributed by atoms with Crippen LogP contribution in [0.1, 0.15) is 22.5 Å². The summed E-state index contributed by atoms with van der Waals surface area (Å²) in [4.78, 5) is 5.22. The van der Waals surface area contributed by atoms with Crippen LogP contribution in [0.4, 0.5) is 0 Å². The first-order chi connectivity index (χ1) is 14.3. The molecule has 0 amide bonds. The largest absolute Gasteiger partial charge is 0.295 e. The fourth-order valence-corrected chi connectivity index (χ4v) is 6.02. The molecular formula is C26H15BrN2. The van der Waals surface area contributed by atoms with Gasteiger partial charge in [-0.2, -0.15) is 0 Å². The van der Waals surface area contributed by atoms with Crippen molar-refractivity contribution in [1.29, 1.82) is 0 Å². The molecule has 1 aromatic heterocycles. The number of benzene rings is 4. The number of halogens is 1. The van der Waals surface area contributed by atoms with Gasteiger partial charge in [0, 0.05) is 10.0 Å². The van der Waals surface area contributed by atoms with Gasteiger partial charge in [0.2, 0.25) is 0 Å². The highest BCUT2D eigenvalue weighted by Crippen LogP contribution is 2.61. The number of fused-ring (bicyclic) bond motifs is 12. The number of rotatable bonds is 0. The van der Waals surface area contributed by atoms with Crippen LogP contribution in [0, 0.1) is 0 Å². The Hall–Kier alpha value is -3.17. The van der Waals surface area contributed by atoms with Gasteiger partial charge in [-0.1, -0.05) is 82.7 Å². The molecular weight excluding hydrogens is 420 g/mol. The summed E-state index contributed by atoms with van der Waals surface area (Å²) in [5.41, 5.74) is 9.49. The molecule has 3 heteroatoms. The zero-order chi connectivity index (χ0) is 19.2. The molecule has 29 heavy (non-hydrogen) atoms. The second kappa shape index (κ2) is 5.25. The van der Waals surface area contributed by atoms with Gasteiger partial charge in [-0.15, -0.1) is 0 Å². The maximum Gasteiger partial charge on any atom is 0.134 e. The van der Waals surface area contributed by atoms with Crippen molar-refractivity contribution in [2.75, 3.05) is 0 Å². The summed E-state index contributed by atoms with van der Waals surface area (Å²) >= 11 is 3.84. The lowest BCUT2D eigenvalue weighted by atomic mass is 9.73. The molecule has 2 heterocycles. The number of nitrogens with zero attached hydrogens (tertiary/aromatic N) is 2. The second-order valence-electron chi connectivity index (χ2n) is 7.73. The Labute approximate surface area is 176 Å². The summed E-state index contributed by atoms with van der Waals surface area (Å²) in [5, 5.41) is 0. The summed E-state index contributed by atoms with van der Waals surface area (Å²) < 4.78 is 3.49. The van der Waals surface area contributed by atoms with Crippen LogP contribution in [-0.4, -0.2) is 9.55 Å². The molecule has 0 N–H and O–H groups in total. The number of aromatic nitrogens is 2. The number of hydrogen-bond acceptors (Lipinski definition) is 1. The fourth-order valence-electron chi connectivity index (χ4n) is 5.44. The van der Waals surface area contributed by atoms with Gasteiger partial charge >= 0.3 is 0 Å². The summed E-state index contributed by atoms with van der Waals surface area (Å²) in [6.45, 7) is 0. The Kier molecular flexibility index (Phi) is 2.84. The van der Waals surface area contributed by atoms with Gasteiger partial charge in [-0.25, -0.2) is 4.98 Å². The fraction of sp³-hybridized carbons (Fsp3) is 0.0385. The lowest BCUT2D eigenvalue weighted by molar-refractivity contribution is 0.738. The number of hydrogen-bond donors (Lipinski definition) is 0. The molecule has 0 bridgehead atoms. The Morgan fingerprint density at radius 3 is 2.34 bits per heavy atom. The van der Waals surface area contributed by atoms with E-state index in [1.54, 1.807) is 0 Å². The van der Waals surface area contributed by atoms with E-state index in [4.69, 9.17) is 4.98 Å². The van der Waals surface area contributed by atoms with Gasteiger partial charge in [0.15, 0.2) is 0 Å². The lowest BCUT2D eigenvalue weighted by Gasteiger charge is -2.27. The Balaban J connectivity index is 1.77. The molecule has 0 saturated heterocycles. The molecule has 1 unspecified atom stereocenters. The highest BCUT2D eigenvalue weighted by molar-refractivity contribution is 9.10. The minimum atomic E-state index is -0.398. The summed E-state index contributed by atoms with van der Waals surface area (Å²) in [6.07, 6.45) is 0. The monoisotopic (exact) mass is 434 g/mol. The zero-order valence-electron chi connectivity index (χ0n) is 15.4. The maximum atomic E-state index is 5.22. The van der Waals surface area contributed by atoms with E-state index in [0.29, 0.717) is 0 Å². The number of imidazole rings is 1. The van der Waals surface area contributed by atoms with Gasteiger partial charge in [0.05, 0.1) is 16.7 Å². The minimum absolute atomic E-state index is 0.398. The third kappa shape index (κ3) is 1.68. The van der Waals surface area contributed by atoms with E-state index >= 15 is 0 Å². The van der Waals surface area contributed by atoms with Crippen molar-refractivity contribution in [3.63, 3.8) is 0 Å². The van der Waals surface area contributed by atoms with Crippen molar-refractivity contribution >= 4 is 27.0 Å². The molecule has 1 aliphatic carbocycles. The van der Waals surface area contributed by atoms with Crippen molar-refractivity contribution in [2.45, 2.75) is 5.41 Å². The predicted octanol–water partition coefficient (Wildman–Crippen LogP) is 6.46. The molecule has 2 nitrogen and oxygen atoms in total. The first-order valence-electron chi connectivity index (χ1n) is 9.78. The molecule has 1 atom stereocenters. The first kappa shape index (κ1) is 15.7. The molecule has 7 rings (SSSR count). The molecule has 0 radical (unpaired) electrons. The van der Waals surface area contributed by atoms with E-state index in [-0.39, 0.29) is 0 Å². The van der Waals surface area contributed by atoms with E-state index in [1.807, 2.05) is 0 Å². The topological polar surface area (TPSA) is 17.8 Å². The van der Waals surface area contributed by atoms with Gasteiger partial charge in [0.1, 0.15) is 11.2 Å². The van der Waals surface area contributed by atoms with Crippen LogP contribution in [0.15, 0.2) is 95.5 Å². The van der Waals surface area contributed by atoms with Crippen LogP contribution >= 0.6 is 15.9 Å². The highest BCUT2D eigenvalue weighted by atomic mass is 79.9. The Bertz CT molecular complexity index is 1480. The van der Waals surface area contributed by atoms with Crippen molar-refractivity contribution in [3.05, 3.63) is 118 Å². The van der Waals surface area contributed by atoms with E-state index in [1.165, 1.54) is 33.5 Å². The predicted molar refractivity (Wildman–Crippen MR) is 120 cm³/mol. The third-order valence-corrected chi connectivity index (χ3v) is 7.12. The van der Waals surface area contributed by atoms with Gasteiger partial charge < -0.3 is 0 Å². The van der Waals surface area contributed by atoms with E-state index in [0.717, 1.165) is 21.3 Å². The van der Waals surface area contributed by atoms with Gasteiger partial charge in [-0.05, 0) is 46.5 Å². The average Bonchev–Trinajstić information content (AvgIpc) is 3.37. The van der Waals surface area contributed by atoms with Crippen LogP contribution in [-0.2, 0) is 5.41 Å². The van der Waals surface area contributed by atoms with Crippen LogP contribution < -0.4 is 0 Å². The molecule has 1 spiro atoms. The smallest absolute Gasteiger partial charge is 0.134 e. The van der Waals surface area contributed by atoms with E-state index in [2.05, 4.69) is 111 Å². The van der Waals surface area contributed by atoms with Crippen molar-refractivity contribution in [3.8, 4) is 16.8 Å². The number of para-hydroxylation sites is 3. The summed E-state index contributed by atoms with van der Waals surface area (Å²) in [5.74, 6) is 1.09. The zero-order valence-corrected chi connectivity index (χ0v) is 17.0. The van der Waals surface area contributed by atoms with Crippen LogP contribution in [0.5, 0.6) is 0 Å². The highest BCUT2D eigenvalue weighted by Gasteiger charge is 2.54. The maximum absolute atomic E-state index is 5.22. The molecule has 5 aromatic rings. The van der Waals surface area contributed by atoms with Crippen molar-refractivity contribution < 1.29 is 0 Å². The molecule has 0 saturated carbocycles. The van der Waals surface area contributed by atoms with Gasteiger partial charge in [0.25, 0.3) is 0 Å². The van der Waals surface area contributed by atoms with Crippen LogP contribution in [0.3, 0.4) is 0 Å². The van der Waals surface area contributed by atoms with Crippen molar-refractivity contribution in [2.24, 2.45) is 0 Å². The molecule has 4 aromatic carbocycles. The van der Waals surface area contributed by atoms with Crippen LogP contribution in [0.2, 0.25) is 0 Å². The standard InChI is InChI=1S/C26H15BrN2/c27-20-12-7-11-19-24(20)16-8-1-2-9-17(16)26(19)18-10-3-5-14-22(18)29-23-15-6-4-13-21(23)28-25(26)29/h1-15H. The van der Waals surface area contributed by atoms with Gasteiger partial charge in [-0.3, -0.25) is 4.57 Å². The molecule has 2 aliphatic rings. The van der Waals surface area contributed by atoms with Crippen LogP contribution in [0.25, 0.3) is 27.8 Å². The normalized spacial score (nSPS) is 18.0. The quantitative estimate of drug-likeness (QED) is 0.267. The summed E-state index contributed by atoms with van der Waals surface area (Å²) in [7, 11) is 0. The summed E-state index contributed by atoms with van der Waals surface area (Å²) in [6, 6.07) is 32.5. The molecule has 1 aliphatic heterocycles. The Morgan fingerprint density at radius 2 is 1.41 bits per heavy atom.